The lowest BCUT2D eigenvalue weighted by Gasteiger charge is -2.20. The molecule has 156 valence electrons. The van der Waals surface area contributed by atoms with Crippen LogP contribution in [0, 0.1) is 19.8 Å². The normalized spacial score (nSPS) is 14.6. The van der Waals surface area contributed by atoms with Gasteiger partial charge < -0.3 is 15.2 Å². The second kappa shape index (κ2) is 10.5. The Bertz CT molecular complexity index is 824. The number of thioether (sulfide) groups is 1. The van der Waals surface area contributed by atoms with Crippen molar-refractivity contribution < 1.29 is 14.1 Å². The molecule has 0 unspecified atom stereocenters. The van der Waals surface area contributed by atoms with Gasteiger partial charge in [-0.05, 0) is 38.8 Å². The summed E-state index contributed by atoms with van der Waals surface area (Å²) in [7, 11) is 0. The van der Waals surface area contributed by atoms with E-state index in [0.717, 1.165) is 47.6 Å². The van der Waals surface area contributed by atoms with E-state index in [4.69, 9.17) is 4.52 Å². The molecule has 6 nitrogen and oxygen atoms in total. The maximum atomic E-state index is 12.6. The highest BCUT2D eigenvalue weighted by atomic mass is 32.2. The molecule has 1 aromatic carbocycles. The molecule has 0 atom stereocenters. The van der Waals surface area contributed by atoms with E-state index in [1.807, 2.05) is 38.1 Å². The fourth-order valence-electron chi connectivity index (χ4n) is 3.60. The van der Waals surface area contributed by atoms with Crippen LogP contribution in [0.1, 0.15) is 59.5 Å². The van der Waals surface area contributed by atoms with E-state index in [2.05, 4.69) is 15.8 Å². The number of nitrogens with zero attached hydrogens (tertiary/aromatic N) is 1. The molecule has 0 bridgehead atoms. The number of hydrogen-bond donors (Lipinski definition) is 2. The predicted octanol–water partition coefficient (Wildman–Crippen LogP) is 4.01. The first-order chi connectivity index (χ1) is 14.1. The predicted molar refractivity (Wildman–Crippen MR) is 114 cm³/mol. The molecule has 1 aliphatic carbocycles. The fraction of sp³-hybridized carbons (Fsp3) is 0.500. The van der Waals surface area contributed by atoms with Crippen LogP contribution in [-0.2, 0) is 10.5 Å². The summed E-state index contributed by atoms with van der Waals surface area (Å²) in [5, 5.41) is 9.85. The molecule has 1 saturated carbocycles. The van der Waals surface area contributed by atoms with Crippen molar-refractivity contribution in [3.8, 4) is 0 Å². The molecule has 0 saturated heterocycles. The SMILES string of the molecule is Cc1noc(C)c1CSc1ccccc1C(=O)NCCNC(=O)C1CCCCC1. The molecule has 2 N–H and O–H groups in total. The zero-order chi connectivity index (χ0) is 20.6. The summed E-state index contributed by atoms with van der Waals surface area (Å²) in [6, 6.07) is 7.56. The van der Waals surface area contributed by atoms with Crippen LogP contribution in [-0.4, -0.2) is 30.1 Å². The van der Waals surface area contributed by atoms with Crippen LogP contribution < -0.4 is 10.6 Å². The molecule has 1 aromatic heterocycles. The van der Waals surface area contributed by atoms with Gasteiger partial charge in [0.1, 0.15) is 5.76 Å². The minimum absolute atomic E-state index is 0.120. The minimum atomic E-state index is -0.126. The Balaban J connectivity index is 1.48. The second-order valence-corrected chi connectivity index (χ2v) is 8.49. The Morgan fingerprint density at radius 1 is 1.10 bits per heavy atom. The number of benzene rings is 1. The maximum Gasteiger partial charge on any atom is 0.252 e. The summed E-state index contributed by atoms with van der Waals surface area (Å²) in [4.78, 5) is 25.7. The molecule has 1 heterocycles. The molecular weight excluding hydrogens is 386 g/mol. The van der Waals surface area contributed by atoms with Crippen LogP contribution >= 0.6 is 11.8 Å². The van der Waals surface area contributed by atoms with Crippen LogP contribution in [0.2, 0.25) is 0 Å². The van der Waals surface area contributed by atoms with E-state index >= 15 is 0 Å². The van der Waals surface area contributed by atoms with Gasteiger partial charge in [-0.3, -0.25) is 9.59 Å². The van der Waals surface area contributed by atoms with Gasteiger partial charge in [-0.1, -0.05) is 36.6 Å². The van der Waals surface area contributed by atoms with Gasteiger partial charge in [-0.2, -0.15) is 0 Å². The summed E-state index contributed by atoms with van der Waals surface area (Å²) in [6.07, 6.45) is 5.46. The Morgan fingerprint density at radius 3 is 2.55 bits per heavy atom. The second-order valence-electron chi connectivity index (χ2n) is 7.47. The average Bonchev–Trinajstić information content (AvgIpc) is 3.07. The first kappa shape index (κ1) is 21.4. The highest BCUT2D eigenvalue weighted by molar-refractivity contribution is 7.98. The summed E-state index contributed by atoms with van der Waals surface area (Å²) < 4.78 is 5.21. The van der Waals surface area contributed by atoms with Crippen molar-refractivity contribution in [2.45, 2.75) is 56.6 Å². The molecule has 0 radical (unpaired) electrons. The lowest BCUT2D eigenvalue weighted by atomic mass is 9.89. The van der Waals surface area contributed by atoms with Crippen LogP contribution in [0.3, 0.4) is 0 Å². The highest BCUT2D eigenvalue weighted by Gasteiger charge is 2.20. The topological polar surface area (TPSA) is 84.2 Å². The molecule has 2 aromatic rings. The van der Waals surface area contributed by atoms with Crippen molar-refractivity contribution in [3.05, 3.63) is 46.8 Å². The number of aromatic nitrogens is 1. The van der Waals surface area contributed by atoms with Crippen LogP contribution in [0.25, 0.3) is 0 Å². The van der Waals surface area contributed by atoms with E-state index in [1.54, 1.807) is 11.8 Å². The van der Waals surface area contributed by atoms with Crippen LogP contribution in [0.5, 0.6) is 0 Å². The van der Waals surface area contributed by atoms with Crippen LogP contribution in [0.4, 0.5) is 0 Å². The average molecular weight is 416 g/mol. The van der Waals surface area contributed by atoms with E-state index in [0.29, 0.717) is 24.4 Å². The smallest absolute Gasteiger partial charge is 0.252 e. The van der Waals surface area contributed by atoms with Gasteiger partial charge in [-0.15, -0.1) is 11.8 Å². The Labute approximate surface area is 176 Å². The van der Waals surface area contributed by atoms with Crippen molar-refractivity contribution >= 4 is 23.6 Å². The Morgan fingerprint density at radius 2 is 1.83 bits per heavy atom. The number of carbonyl (C=O) groups is 2. The highest BCUT2D eigenvalue weighted by Crippen LogP contribution is 2.28. The monoisotopic (exact) mass is 415 g/mol. The molecule has 1 fully saturated rings. The van der Waals surface area contributed by atoms with Crippen molar-refractivity contribution in [1.29, 1.82) is 0 Å². The van der Waals surface area contributed by atoms with Gasteiger partial charge in [-0.25, -0.2) is 0 Å². The largest absolute Gasteiger partial charge is 0.361 e. The van der Waals surface area contributed by atoms with Gasteiger partial charge in [0.25, 0.3) is 5.91 Å². The summed E-state index contributed by atoms with van der Waals surface area (Å²) in [6.45, 7) is 4.69. The molecule has 3 rings (SSSR count). The molecule has 2 amide bonds. The van der Waals surface area contributed by atoms with Gasteiger partial charge in [0.15, 0.2) is 0 Å². The number of carbonyl (C=O) groups excluding carboxylic acids is 2. The lowest BCUT2D eigenvalue weighted by molar-refractivity contribution is -0.125. The van der Waals surface area contributed by atoms with Gasteiger partial charge >= 0.3 is 0 Å². The van der Waals surface area contributed by atoms with Gasteiger partial charge in [0, 0.05) is 35.2 Å². The van der Waals surface area contributed by atoms with Gasteiger partial charge in [0.2, 0.25) is 5.91 Å². The van der Waals surface area contributed by atoms with Crippen molar-refractivity contribution in [1.82, 2.24) is 15.8 Å². The first-order valence-corrected chi connectivity index (χ1v) is 11.2. The number of amides is 2. The minimum Gasteiger partial charge on any atom is -0.361 e. The fourth-order valence-corrected chi connectivity index (χ4v) is 4.81. The zero-order valence-electron chi connectivity index (χ0n) is 17.1. The third-order valence-electron chi connectivity index (χ3n) is 5.37. The number of hydrogen-bond acceptors (Lipinski definition) is 5. The van der Waals surface area contributed by atoms with Crippen molar-refractivity contribution in [2.24, 2.45) is 5.92 Å². The van der Waals surface area contributed by atoms with E-state index in [1.165, 1.54) is 6.42 Å². The Hall–Kier alpha value is -2.28. The molecule has 29 heavy (non-hydrogen) atoms. The summed E-state index contributed by atoms with van der Waals surface area (Å²) >= 11 is 1.59. The molecular formula is C22H29N3O3S. The molecule has 0 spiro atoms. The van der Waals surface area contributed by atoms with Crippen molar-refractivity contribution in [2.75, 3.05) is 13.1 Å². The molecule has 0 aliphatic heterocycles. The molecule has 1 aliphatic rings. The standard InChI is InChI=1S/C22H29N3O3S/c1-15-19(16(2)28-25-15)14-29-20-11-7-6-10-18(20)22(27)24-13-12-23-21(26)17-8-4-3-5-9-17/h6-7,10-11,17H,3-5,8-9,12-14H2,1-2H3,(H,23,26)(H,24,27). The van der Waals surface area contributed by atoms with Crippen molar-refractivity contribution in [3.63, 3.8) is 0 Å². The Kier molecular flexibility index (Phi) is 7.75. The maximum absolute atomic E-state index is 12.6. The number of nitrogens with one attached hydrogen (secondary N) is 2. The van der Waals surface area contributed by atoms with Crippen LogP contribution in [0.15, 0.2) is 33.7 Å². The van der Waals surface area contributed by atoms with E-state index in [9.17, 15) is 9.59 Å². The summed E-state index contributed by atoms with van der Waals surface area (Å²) in [5.74, 6) is 1.64. The lowest BCUT2D eigenvalue weighted by Crippen LogP contribution is -2.38. The third kappa shape index (κ3) is 5.85. The number of rotatable bonds is 8. The third-order valence-corrected chi connectivity index (χ3v) is 6.47. The quantitative estimate of drug-likeness (QED) is 0.503. The first-order valence-electron chi connectivity index (χ1n) is 10.3. The van der Waals surface area contributed by atoms with Gasteiger partial charge in [0.05, 0.1) is 11.3 Å². The molecule has 7 heteroatoms. The van der Waals surface area contributed by atoms with E-state index in [-0.39, 0.29) is 17.7 Å². The zero-order valence-corrected chi connectivity index (χ0v) is 17.9. The number of aryl methyl sites for hydroxylation is 2. The summed E-state index contributed by atoms with van der Waals surface area (Å²) in [5.41, 5.74) is 2.59. The van der Waals surface area contributed by atoms with E-state index < -0.39 is 0 Å².